The van der Waals surface area contributed by atoms with Gasteiger partial charge in [-0.3, -0.25) is 9.59 Å². The molecule has 6 heteroatoms. The summed E-state index contributed by atoms with van der Waals surface area (Å²) in [4.78, 5) is 28.9. The van der Waals surface area contributed by atoms with E-state index < -0.39 is 11.6 Å². The predicted octanol–water partition coefficient (Wildman–Crippen LogP) is 3.99. The molecule has 0 aromatic heterocycles. The Kier molecular flexibility index (Phi) is 5.35. The number of hydrogen-bond donors (Lipinski definition) is 0. The molecule has 0 spiro atoms. The van der Waals surface area contributed by atoms with E-state index in [1.165, 1.54) is 19.1 Å². The molecule has 1 fully saturated rings. The van der Waals surface area contributed by atoms with Crippen LogP contribution in [0.1, 0.15) is 48.9 Å². The SMILES string of the molecule is CC(=O)N1CCc2ccccc2C1CC(=O)N(Cc1ccc(F)cc1F)C1CC1. The lowest BCUT2D eigenvalue weighted by Crippen LogP contribution is -2.42. The molecule has 1 heterocycles. The third-order valence-corrected chi connectivity index (χ3v) is 5.85. The maximum Gasteiger partial charge on any atom is 0.225 e. The smallest absolute Gasteiger partial charge is 0.225 e. The summed E-state index contributed by atoms with van der Waals surface area (Å²) in [6, 6.07) is 11.1. The van der Waals surface area contributed by atoms with Crippen molar-refractivity contribution in [3.05, 3.63) is 70.8 Å². The van der Waals surface area contributed by atoms with E-state index in [0.29, 0.717) is 12.1 Å². The molecule has 1 aliphatic heterocycles. The summed E-state index contributed by atoms with van der Waals surface area (Å²) in [5.41, 5.74) is 2.47. The van der Waals surface area contributed by atoms with Crippen LogP contribution in [0.25, 0.3) is 0 Å². The predicted molar refractivity (Wildman–Crippen MR) is 105 cm³/mol. The number of nitrogens with zero attached hydrogens (tertiary/aromatic N) is 2. The van der Waals surface area contributed by atoms with Gasteiger partial charge in [0.1, 0.15) is 11.6 Å². The van der Waals surface area contributed by atoms with Crippen LogP contribution in [0.15, 0.2) is 42.5 Å². The van der Waals surface area contributed by atoms with Crippen molar-refractivity contribution in [3.63, 3.8) is 0 Å². The van der Waals surface area contributed by atoms with Gasteiger partial charge in [-0.15, -0.1) is 0 Å². The molecule has 2 aromatic carbocycles. The van der Waals surface area contributed by atoms with Crippen molar-refractivity contribution in [2.45, 2.75) is 51.2 Å². The molecule has 2 aromatic rings. The van der Waals surface area contributed by atoms with Crippen LogP contribution < -0.4 is 0 Å². The van der Waals surface area contributed by atoms with Crippen LogP contribution in [-0.2, 0) is 22.6 Å². The van der Waals surface area contributed by atoms with Gasteiger partial charge in [0.05, 0.1) is 12.5 Å². The summed E-state index contributed by atoms with van der Waals surface area (Å²) < 4.78 is 27.4. The number of carbonyl (C=O) groups is 2. The van der Waals surface area contributed by atoms with Crippen LogP contribution in [0, 0.1) is 11.6 Å². The molecule has 0 radical (unpaired) electrons. The Morgan fingerprint density at radius 2 is 1.90 bits per heavy atom. The Bertz CT molecular complexity index is 942. The molecule has 0 bridgehead atoms. The topological polar surface area (TPSA) is 40.6 Å². The first kappa shape index (κ1) is 19.6. The van der Waals surface area contributed by atoms with Gasteiger partial charge in [-0.1, -0.05) is 30.3 Å². The van der Waals surface area contributed by atoms with Gasteiger partial charge in [-0.05, 0) is 36.5 Å². The number of fused-ring (bicyclic) bond motifs is 1. The summed E-state index contributed by atoms with van der Waals surface area (Å²) in [5.74, 6) is -1.44. The molecular formula is C23H24F2N2O2. The molecular weight excluding hydrogens is 374 g/mol. The molecule has 1 atom stereocenters. The zero-order chi connectivity index (χ0) is 20.5. The lowest BCUT2D eigenvalue weighted by atomic mass is 9.90. The van der Waals surface area contributed by atoms with Gasteiger partial charge in [-0.25, -0.2) is 8.78 Å². The number of rotatable bonds is 5. The Morgan fingerprint density at radius 3 is 2.59 bits per heavy atom. The van der Waals surface area contributed by atoms with E-state index in [1.54, 1.807) is 9.80 Å². The number of halogens is 2. The molecule has 2 amide bonds. The van der Waals surface area contributed by atoms with Crippen molar-refractivity contribution < 1.29 is 18.4 Å². The Hall–Kier alpha value is -2.76. The normalized spacial score (nSPS) is 18.3. The second kappa shape index (κ2) is 7.93. The Labute approximate surface area is 169 Å². The first-order chi connectivity index (χ1) is 13.9. The van der Waals surface area contributed by atoms with E-state index in [9.17, 15) is 18.4 Å². The minimum absolute atomic E-state index is 0.0557. The summed E-state index contributed by atoms with van der Waals surface area (Å²) in [6.07, 6.45) is 2.70. The molecule has 29 heavy (non-hydrogen) atoms. The van der Waals surface area contributed by atoms with E-state index in [2.05, 4.69) is 0 Å². The maximum atomic E-state index is 14.2. The first-order valence-electron chi connectivity index (χ1n) is 10.0. The monoisotopic (exact) mass is 398 g/mol. The highest BCUT2D eigenvalue weighted by Crippen LogP contribution is 2.35. The zero-order valence-electron chi connectivity index (χ0n) is 16.4. The van der Waals surface area contributed by atoms with Crippen molar-refractivity contribution in [1.29, 1.82) is 0 Å². The number of carbonyl (C=O) groups excluding carboxylic acids is 2. The van der Waals surface area contributed by atoms with Crippen LogP contribution in [0.5, 0.6) is 0 Å². The quantitative estimate of drug-likeness (QED) is 0.764. The van der Waals surface area contributed by atoms with Crippen LogP contribution in [0.3, 0.4) is 0 Å². The van der Waals surface area contributed by atoms with Crippen molar-refractivity contribution in [2.24, 2.45) is 0 Å². The second-order valence-electron chi connectivity index (χ2n) is 7.87. The molecule has 2 aliphatic rings. The second-order valence-corrected chi connectivity index (χ2v) is 7.87. The summed E-state index contributed by atoms with van der Waals surface area (Å²) in [6.45, 7) is 2.22. The third kappa shape index (κ3) is 4.16. The summed E-state index contributed by atoms with van der Waals surface area (Å²) >= 11 is 0. The minimum atomic E-state index is -0.642. The number of benzene rings is 2. The van der Waals surface area contributed by atoms with Crippen molar-refractivity contribution in [2.75, 3.05) is 6.54 Å². The highest BCUT2D eigenvalue weighted by atomic mass is 19.1. The lowest BCUT2D eigenvalue weighted by Gasteiger charge is -2.37. The van der Waals surface area contributed by atoms with Crippen molar-refractivity contribution in [3.8, 4) is 0 Å². The molecule has 0 N–H and O–H groups in total. The molecule has 4 nitrogen and oxygen atoms in total. The molecule has 4 rings (SSSR count). The van der Waals surface area contributed by atoms with Gasteiger partial charge in [0, 0.05) is 37.7 Å². The fraction of sp³-hybridized carbons (Fsp3) is 0.391. The van der Waals surface area contributed by atoms with Gasteiger partial charge in [-0.2, -0.15) is 0 Å². The molecule has 1 aliphatic carbocycles. The van der Waals surface area contributed by atoms with E-state index >= 15 is 0 Å². The van der Waals surface area contributed by atoms with Crippen LogP contribution in [0.4, 0.5) is 8.78 Å². The van der Waals surface area contributed by atoms with Gasteiger partial charge in [0.15, 0.2) is 0 Å². The van der Waals surface area contributed by atoms with Gasteiger partial charge < -0.3 is 9.80 Å². The number of hydrogen-bond acceptors (Lipinski definition) is 2. The van der Waals surface area contributed by atoms with Gasteiger partial charge >= 0.3 is 0 Å². The van der Waals surface area contributed by atoms with E-state index in [1.807, 2.05) is 24.3 Å². The zero-order valence-corrected chi connectivity index (χ0v) is 16.4. The average molecular weight is 398 g/mol. The maximum absolute atomic E-state index is 14.2. The van der Waals surface area contributed by atoms with E-state index in [-0.39, 0.29) is 36.9 Å². The van der Waals surface area contributed by atoms with Crippen LogP contribution in [-0.4, -0.2) is 34.2 Å². The van der Waals surface area contributed by atoms with Crippen LogP contribution >= 0.6 is 0 Å². The standard InChI is InChI=1S/C23H24F2N2O2/c1-15(28)26-11-10-16-4-2-3-5-20(16)22(26)13-23(29)27(19-8-9-19)14-17-6-7-18(24)12-21(17)25/h2-7,12,19,22H,8-11,13-14H2,1H3. The minimum Gasteiger partial charge on any atom is -0.335 e. The fourth-order valence-corrected chi connectivity index (χ4v) is 4.17. The van der Waals surface area contributed by atoms with E-state index in [4.69, 9.17) is 0 Å². The summed E-state index contributed by atoms with van der Waals surface area (Å²) in [5, 5.41) is 0. The highest BCUT2D eigenvalue weighted by molar-refractivity contribution is 5.80. The average Bonchev–Trinajstić information content (AvgIpc) is 3.52. The molecule has 0 saturated heterocycles. The fourth-order valence-electron chi connectivity index (χ4n) is 4.17. The first-order valence-corrected chi connectivity index (χ1v) is 10.0. The highest BCUT2D eigenvalue weighted by Gasteiger charge is 2.37. The third-order valence-electron chi connectivity index (χ3n) is 5.85. The molecule has 1 saturated carbocycles. The Balaban J connectivity index is 1.57. The lowest BCUT2D eigenvalue weighted by molar-refractivity contribution is -0.137. The van der Waals surface area contributed by atoms with Gasteiger partial charge in [0.2, 0.25) is 11.8 Å². The Morgan fingerprint density at radius 1 is 1.14 bits per heavy atom. The molecule has 1 unspecified atom stereocenters. The van der Waals surface area contributed by atoms with Crippen molar-refractivity contribution >= 4 is 11.8 Å². The van der Waals surface area contributed by atoms with Gasteiger partial charge in [0.25, 0.3) is 0 Å². The number of amides is 2. The summed E-state index contributed by atoms with van der Waals surface area (Å²) in [7, 11) is 0. The van der Waals surface area contributed by atoms with E-state index in [0.717, 1.165) is 36.5 Å². The largest absolute Gasteiger partial charge is 0.335 e. The molecule has 152 valence electrons. The van der Waals surface area contributed by atoms with Crippen molar-refractivity contribution in [1.82, 2.24) is 9.80 Å². The van der Waals surface area contributed by atoms with Crippen LogP contribution in [0.2, 0.25) is 0 Å².